The zero-order valence-corrected chi connectivity index (χ0v) is 10.7. The number of aliphatic hydroxyl groups is 1. The number of rotatable bonds is 6. The molecule has 18 heavy (non-hydrogen) atoms. The molecule has 1 heterocycles. The van der Waals surface area contributed by atoms with E-state index >= 15 is 0 Å². The van der Waals surface area contributed by atoms with Gasteiger partial charge in [-0.15, -0.1) is 0 Å². The monoisotopic (exact) mass is 253 g/mol. The zero-order chi connectivity index (χ0) is 13.0. The molecule has 0 saturated carbocycles. The van der Waals surface area contributed by atoms with Gasteiger partial charge in [-0.25, -0.2) is 4.39 Å². The van der Waals surface area contributed by atoms with Crippen molar-refractivity contribution in [2.24, 2.45) is 5.41 Å². The van der Waals surface area contributed by atoms with Crippen LogP contribution in [0.5, 0.6) is 0 Å². The molecule has 0 amide bonds. The normalized spacial score (nSPS) is 19.3. The number of nitrogens with one attached hydrogen (secondary N) is 1. The smallest absolute Gasteiger partial charge is 0.123 e. The first-order valence-electron chi connectivity index (χ1n) is 6.36. The van der Waals surface area contributed by atoms with Gasteiger partial charge in [0, 0.05) is 12.6 Å². The lowest BCUT2D eigenvalue weighted by atomic mass is 9.86. The highest BCUT2D eigenvalue weighted by Gasteiger charge is 2.38. The van der Waals surface area contributed by atoms with Gasteiger partial charge in [-0.05, 0) is 24.1 Å². The van der Waals surface area contributed by atoms with E-state index < -0.39 is 0 Å². The molecule has 1 aromatic rings. The van der Waals surface area contributed by atoms with Crippen LogP contribution >= 0.6 is 0 Å². The summed E-state index contributed by atoms with van der Waals surface area (Å²) in [7, 11) is 0. The molecule has 1 aliphatic rings. The minimum absolute atomic E-state index is 0.131. The van der Waals surface area contributed by atoms with Gasteiger partial charge in [0.25, 0.3) is 0 Å². The molecule has 1 unspecified atom stereocenters. The Hall–Kier alpha value is -0.970. The third-order valence-electron chi connectivity index (χ3n) is 3.56. The van der Waals surface area contributed by atoms with Crippen LogP contribution < -0.4 is 5.32 Å². The standard InChI is InChI=1S/C14H20FNO2/c1-2-13(11-3-5-12(15)6-4-11)16-7-14(8-17)9-18-10-14/h3-6,13,16-17H,2,7-10H2,1H3. The minimum atomic E-state index is -0.215. The van der Waals surface area contributed by atoms with Crippen LogP contribution in [0.1, 0.15) is 24.9 Å². The van der Waals surface area contributed by atoms with E-state index in [0.29, 0.717) is 13.2 Å². The van der Waals surface area contributed by atoms with E-state index in [-0.39, 0.29) is 23.9 Å². The Morgan fingerprint density at radius 2 is 2.06 bits per heavy atom. The van der Waals surface area contributed by atoms with Crippen molar-refractivity contribution in [2.75, 3.05) is 26.4 Å². The zero-order valence-electron chi connectivity index (χ0n) is 10.7. The Bertz CT molecular complexity index is 370. The Balaban J connectivity index is 1.95. The molecule has 0 aliphatic carbocycles. The third kappa shape index (κ3) is 2.88. The molecule has 2 N–H and O–H groups in total. The predicted octanol–water partition coefficient (Wildman–Crippen LogP) is 1.88. The molecule has 1 saturated heterocycles. The van der Waals surface area contributed by atoms with Gasteiger partial charge in [0.2, 0.25) is 0 Å². The van der Waals surface area contributed by atoms with Gasteiger partial charge in [-0.3, -0.25) is 0 Å². The maximum atomic E-state index is 12.9. The van der Waals surface area contributed by atoms with Gasteiger partial charge in [0.1, 0.15) is 5.82 Å². The molecule has 100 valence electrons. The van der Waals surface area contributed by atoms with Crippen molar-refractivity contribution in [2.45, 2.75) is 19.4 Å². The topological polar surface area (TPSA) is 41.5 Å². The summed E-state index contributed by atoms with van der Waals surface area (Å²) in [6.07, 6.45) is 0.925. The molecular weight excluding hydrogens is 233 g/mol. The molecule has 3 nitrogen and oxygen atoms in total. The summed E-state index contributed by atoms with van der Waals surface area (Å²) in [6.45, 7) is 4.16. The molecule has 1 aromatic carbocycles. The molecule has 1 atom stereocenters. The highest BCUT2D eigenvalue weighted by atomic mass is 19.1. The Morgan fingerprint density at radius 1 is 1.39 bits per heavy atom. The number of benzene rings is 1. The van der Waals surface area contributed by atoms with Gasteiger partial charge in [-0.2, -0.15) is 0 Å². The number of aliphatic hydroxyl groups excluding tert-OH is 1. The lowest BCUT2D eigenvalue weighted by Gasteiger charge is -2.41. The predicted molar refractivity (Wildman–Crippen MR) is 67.8 cm³/mol. The fourth-order valence-electron chi connectivity index (χ4n) is 2.17. The number of hydrogen-bond acceptors (Lipinski definition) is 3. The largest absolute Gasteiger partial charge is 0.396 e. The molecule has 0 bridgehead atoms. The first-order chi connectivity index (χ1) is 8.69. The Kier molecular flexibility index (Phi) is 4.32. The number of hydrogen-bond donors (Lipinski definition) is 2. The average Bonchev–Trinajstić information content (AvgIpc) is 2.35. The van der Waals surface area contributed by atoms with Crippen LogP contribution in [0.4, 0.5) is 4.39 Å². The first kappa shape index (κ1) is 13.5. The summed E-state index contributed by atoms with van der Waals surface area (Å²) in [6, 6.07) is 6.76. The van der Waals surface area contributed by atoms with E-state index in [1.807, 2.05) is 0 Å². The summed E-state index contributed by atoms with van der Waals surface area (Å²) < 4.78 is 18.0. The van der Waals surface area contributed by atoms with E-state index in [2.05, 4.69) is 12.2 Å². The Morgan fingerprint density at radius 3 is 2.50 bits per heavy atom. The van der Waals surface area contributed by atoms with Crippen molar-refractivity contribution >= 4 is 0 Å². The second-order valence-electron chi connectivity index (χ2n) is 5.04. The van der Waals surface area contributed by atoms with Gasteiger partial charge in [-0.1, -0.05) is 19.1 Å². The summed E-state index contributed by atoms with van der Waals surface area (Å²) in [4.78, 5) is 0. The molecule has 1 fully saturated rings. The summed E-state index contributed by atoms with van der Waals surface area (Å²) in [5, 5.41) is 12.8. The van der Waals surface area contributed by atoms with E-state index in [9.17, 15) is 9.50 Å². The van der Waals surface area contributed by atoms with Gasteiger partial charge < -0.3 is 15.2 Å². The third-order valence-corrected chi connectivity index (χ3v) is 3.56. The molecule has 4 heteroatoms. The highest BCUT2D eigenvalue weighted by molar-refractivity contribution is 5.19. The number of ether oxygens (including phenoxy) is 1. The Labute approximate surface area is 107 Å². The fourth-order valence-corrected chi connectivity index (χ4v) is 2.17. The molecule has 0 spiro atoms. The first-order valence-corrected chi connectivity index (χ1v) is 6.36. The van der Waals surface area contributed by atoms with Crippen molar-refractivity contribution < 1.29 is 14.2 Å². The fraction of sp³-hybridized carbons (Fsp3) is 0.571. The van der Waals surface area contributed by atoms with Crippen molar-refractivity contribution in [1.82, 2.24) is 5.32 Å². The van der Waals surface area contributed by atoms with E-state index in [1.54, 1.807) is 12.1 Å². The van der Waals surface area contributed by atoms with Crippen LogP contribution in [0.3, 0.4) is 0 Å². The van der Waals surface area contributed by atoms with E-state index in [0.717, 1.165) is 18.5 Å². The molecule has 1 aliphatic heterocycles. The maximum absolute atomic E-state index is 12.9. The lowest BCUT2D eigenvalue weighted by Crippen LogP contribution is -2.52. The van der Waals surface area contributed by atoms with Gasteiger partial charge in [0.05, 0.1) is 25.2 Å². The van der Waals surface area contributed by atoms with Crippen LogP contribution in [0, 0.1) is 11.2 Å². The summed E-state index contributed by atoms with van der Waals surface area (Å²) in [5.74, 6) is -0.215. The van der Waals surface area contributed by atoms with E-state index in [4.69, 9.17) is 4.74 Å². The van der Waals surface area contributed by atoms with Crippen LogP contribution in [-0.2, 0) is 4.74 Å². The minimum Gasteiger partial charge on any atom is -0.396 e. The van der Waals surface area contributed by atoms with Gasteiger partial charge >= 0.3 is 0 Å². The number of halogens is 1. The highest BCUT2D eigenvalue weighted by Crippen LogP contribution is 2.27. The van der Waals surface area contributed by atoms with Crippen LogP contribution in [0.2, 0.25) is 0 Å². The summed E-state index contributed by atoms with van der Waals surface area (Å²) in [5.41, 5.74) is 0.945. The second-order valence-corrected chi connectivity index (χ2v) is 5.04. The van der Waals surface area contributed by atoms with Crippen molar-refractivity contribution in [3.63, 3.8) is 0 Å². The van der Waals surface area contributed by atoms with Crippen LogP contribution in [0.15, 0.2) is 24.3 Å². The van der Waals surface area contributed by atoms with E-state index in [1.165, 1.54) is 12.1 Å². The van der Waals surface area contributed by atoms with Crippen molar-refractivity contribution in [3.8, 4) is 0 Å². The SMILES string of the molecule is CCC(NCC1(CO)COC1)c1ccc(F)cc1. The maximum Gasteiger partial charge on any atom is 0.123 e. The van der Waals surface area contributed by atoms with Crippen LogP contribution in [-0.4, -0.2) is 31.5 Å². The average molecular weight is 253 g/mol. The molecule has 0 radical (unpaired) electrons. The molecular formula is C14H20FNO2. The van der Waals surface area contributed by atoms with Gasteiger partial charge in [0.15, 0.2) is 0 Å². The summed E-state index contributed by atoms with van der Waals surface area (Å²) >= 11 is 0. The van der Waals surface area contributed by atoms with Crippen molar-refractivity contribution in [1.29, 1.82) is 0 Å². The lowest BCUT2D eigenvalue weighted by molar-refractivity contribution is -0.135. The quantitative estimate of drug-likeness (QED) is 0.813. The van der Waals surface area contributed by atoms with Crippen LogP contribution in [0.25, 0.3) is 0 Å². The van der Waals surface area contributed by atoms with Crippen molar-refractivity contribution in [3.05, 3.63) is 35.6 Å². The molecule has 2 rings (SSSR count). The second kappa shape index (κ2) is 5.78. The molecule has 0 aromatic heterocycles.